The van der Waals surface area contributed by atoms with Crippen molar-refractivity contribution in [2.24, 2.45) is 0 Å². The van der Waals surface area contributed by atoms with E-state index < -0.39 is 0 Å². The summed E-state index contributed by atoms with van der Waals surface area (Å²) in [7, 11) is 0. The standard InChI is InChI=1S/C12H13N5OS/c18-11-9-7-17(6-8-5-13-2-3-14-8)4-1-10(9)15-12(19)16-11/h2-3,5H,1,4,6-7H2,(H2,15,16,18,19). The first-order valence-electron chi connectivity index (χ1n) is 6.04. The molecule has 6 nitrogen and oxygen atoms in total. The van der Waals surface area contributed by atoms with Crippen molar-refractivity contribution in [1.82, 2.24) is 24.8 Å². The van der Waals surface area contributed by atoms with Crippen molar-refractivity contribution in [1.29, 1.82) is 0 Å². The topological polar surface area (TPSA) is 77.7 Å². The summed E-state index contributed by atoms with van der Waals surface area (Å²) in [6.07, 6.45) is 5.87. The molecular formula is C12H13N5OS. The van der Waals surface area contributed by atoms with E-state index in [2.05, 4.69) is 24.8 Å². The Morgan fingerprint density at radius 1 is 1.37 bits per heavy atom. The van der Waals surface area contributed by atoms with Crippen molar-refractivity contribution in [2.75, 3.05) is 6.54 Å². The molecule has 0 unspecified atom stereocenters. The van der Waals surface area contributed by atoms with Gasteiger partial charge in [-0.3, -0.25) is 24.6 Å². The zero-order chi connectivity index (χ0) is 13.2. The second-order valence-electron chi connectivity index (χ2n) is 4.52. The van der Waals surface area contributed by atoms with E-state index in [1.54, 1.807) is 18.6 Å². The van der Waals surface area contributed by atoms with E-state index in [0.717, 1.165) is 29.9 Å². The number of nitrogens with one attached hydrogen (secondary N) is 2. The van der Waals surface area contributed by atoms with Gasteiger partial charge in [0.25, 0.3) is 5.56 Å². The minimum absolute atomic E-state index is 0.0948. The predicted molar refractivity (Wildman–Crippen MR) is 72.1 cm³/mol. The molecule has 0 saturated carbocycles. The van der Waals surface area contributed by atoms with Gasteiger partial charge in [0.1, 0.15) is 0 Å². The quantitative estimate of drug-likeness (QED) is 0.792. The SMILES string of the molecule is O=c1[nH]c(=S)[nH]c2c1CN(Cc1cnccn1)CC2. The Bertz CT molecular complexity index is 693. The Labute approximate surface area is 114 Å². The van der Waals surface area contributed by atoms with Crippen LogP contribution in [0.15, 0.2) is 23.4 Å². The third kappa shape index (κ3) is 2.61. The van der Waals surface area contributed by atoms with Crippen LogP contribution >= 0.6 is 12.2 Å². The molecule has 0 atom stereocenters. The fourth-order valence-electron chi connectivity index (χ4n) is 2.29. The molecule has 2 N–H and O–H groups in total. The summed E-state index contributed by atoms with van der Waals surface area (Å²) in [6.45, 7) is 2.17. The molecule has 98 valence electrons. The van der Waals surface area contributed by atoms with Crippen LogP contribution in [0, 0.1) is 4.77 Å². The molecule has 2 aromatic rings. The van der Waals surface area contributed by atoms with E-state index >= 15 is 0 Å². The fraction of sp³-hybridized carbons (Fsp3) is 0.333. The Balaban J connectivity index is 1.83. The lowest BCUT2D eigenvalue weighted by atomic mass is 10.1. The number of hydrogen-bond donors (Lipinski definition) is 2. The molecule has 2 aromatic heterocycles. The maximum atomic E-state index is 11.9. The molecular weight excluding hydrogens is 262 g/mol. The maximum Gasteiger partial charge on any atom is 0.256 e. The monoisotopic (exact) mass is 275 g/mol. The summed E-state index contributed by atoms with van der Waals surface area (Å²) in [5.74, 6) is 0. The van der Waals surface area contributed by atoms with Gasteiger partial charge in [-0.05, 0) is 12.2 Å². The summed E-state index contributed by atoms with van der Waals surface area (Å²) in [4.78, 5) is 28.1. The van der Waals surface area contributed by atoms with Crippen LogP contribution in [0.3, 0.4) is 0 Å². The second-order valence-corrected chi connectivity index (χ2v) is 4.93. The Hall–Kier alpha value is -1.86. The van der Waals surface area contributed by atoms with Gasteiger partial charge in [-0.15, -0.1) is 0 Å². The molecule has 7 heteroatoms. The fourth-order valence-corrected chi connectivity index (χ4v) is 2.50. The zero-order valence-corrected chi connectivity index (χ0v) is 11.0. The van der Waals surface area contributed by atoms with E-state index in [0.29, 0.717) is 17.9 Å². The van der Waals surface area contributed by atoms with Gasteiger partial charge >= 0.3 is 0 Å². The van der Waals surface area contributed by atoms with Crippen LogP contribution in [0.5, 0.6) is 0 Å². The molecule has 1 aliphatic heterocycles. The van der Waals surface area contributed by atoms with Crippen LogP contribution < -0.4 is 5.56 Å². The van der Waals surface area contributed by atoms with Gasteiger partial charge in [-0.25, -0.2) is 0 Å². The minimum atomic E-state index is -0.0948. The number of nitrogens with zero attached hydrogens (tertiary/aromatic N) is 3. The zero-order valence-electron chi connectivity index (χ0n) is 10.2. The highest BCUT2D eigenvalue weighted by Gasteiger charge is 2.19. The summed E-state index contributed by atoms with van der Waals surface area (Å²) >= 11 is 4.98. The average molecular weight is 275 g/mol. The largest absolute Gasteiger partial charge is 0.335 e. The Morgan fingerprint density at radius 2 is 2.26 bits per heavy atom. The van der Waals surface area contributed by atoms with Gasteiger partial charge in [-0.1, -0.05) is 0 Å². The number of aromatic amines is 2. The second kappa shape index (κ2) is 5.02. The highest BCUT2D eigenvalue weighted by molar-refractivity contribution is 7.71. The lowest BCUT2D eigenvalue weighted by molar-refractivity contribution is 0.238. The molecule has 0 amide bonds. The number of rotatable bonds is 2. The van der Waals surface area contributed by atoms with E-state index in [1.807, 2.05) is 0 Å². The van der Waals surface area contributed by atoms with Crippen LogP contribution in [0.25, 0.3) is 0 Å². The van der Waals surface area contributed by atoms with E-state index in [4.69, 9.17) is 12.2 Å². The number of H-pyrrole nitrogens is 2. The van der Waals surface area contributed by atoms with Gasteiger partial charge < -0.3 is 4.98 Å². The average Bonchev–Trinajstić information content (AvgIpc) is 2.40. The van der Waals surface area contributed by atoms with Gasteiger partial charge in [0.15, 0.2) is 4.77 Å². The lowest BCUT2D eigenvalue weighted by Crippen LogP contribution is -2.35. The lowest BCUT2D eigenvalue weighted by Gasteiger charge is -2.27. The molecule has 3 heterocycles. The first kappa shape index (κ1) is 12.2. The normalized spacial score (nSPS) is 15.2. The van der Waals surface area contributed by atoms with E-state index in [-0.39, 0.29) is 5.56 Å². The van der Waals surface area contributed by atoms with Gasteiger partial charge in [0, 0.05) is 50.3 Å². The summed E-state index contributed by atoms with van der Waals surface area (Å²) in [5.41, 5.74) is 2.53. The first-order valence-corrected chi connectivity index (χ1v) is 6.45. The molecule has 0 spiro atoms. The van der Waals surface area contributed by atoms with Crippen LogP contribution in [-0.2, 0) is 19.5 Å². The third-order valence-corrected chi connectivity index (χ3v) is 3.40. The number of fused-ring (bicyclic) bond motifs is 1. The van der Waals surface area contributed by atoms with Gasteiger partial charge in [-0.2, -0.15) is 0 Å². The molecule has 0 radical (unpaired) electrons. The molecule has 0 bridgehead atoms. The summed E-state index contributed by atoms with van der Waals surface area (Å²) in [5, 5.41) is 0. The molecule has 0 saturated heterocycles. The molecule has 1 aliphatic rings. The predicted octanol–water partition coefficient (Wildman–Crippen LogP) is 0.781. The van der Waals surface area contributed by atoms with Crippen LogP contribution in [0.2, 0.25) is 0 Å². The highest BCUT2D eigenvalue weighted by Crippen LogP contribution is 2.14. The van der Waals surface area contributed by atoms with E-state index in [9.17, 15) is 4.79 Å². The highest BCUT2D eigenvalue weighted by atomic mass is 32.1. The molecule has 19 heavy (non-hydrogen) atoms. The Kier molecular flexibility index (Phi) is 3.22. The smallest absolute Gasteiger partial charge is 0.256 e. The van der Waals surface area contributed by atoms with E-state index in [1.165, 1.54) is 0 Å². The van der Waals surface area contributed by atoms with Crippen molar-refractivity contribution >= 4 is 12.2 Å². The number of aromatic nitrogens is 4. The van der Waals surface area contributed by atoms with Crippen molar-refractivity contribution in [3.8, 4) is 0 Å². The summed E-state index contributed by atoms with van der Waals surface area (Å²) in [6, 6.07) is 0. The first-order chi connectivity index (χ1) is 9.22. The number of hydrogen-bond acceptors (Lipinski definition) is 5. The van der Waals surface area contributed by atoms with Crippen molar-refractivity contribution in [3.63, 3.8) is 0 Å². The maximum absolute atomic E-state index is 11.9. The minimum Gasteiger partial charge on any atom is -0.335 e. The van der Waals surface area contributed by atoms with Gasteiger partial charge in [0.2, 0.25) is 0 Å². The summed E-state index contributed by atoms with van der Waals surface area (Å²) < 4.78 is 0.395. The van der Waals surface area contributed by atoms with Crippen molar-refractivity contribution < 1.29 is 0 Å². The van der Waals surface area contributed by atoms with Crippen LogP contribution in [0.4, 0.5) is 0 Å². The Morgan fingerprint density at radius 3 is 3.05 bits per heavy atom. The van der Waals surface area contributed by atoms with Crippen LogP contribution in [0.1, 0.15) is 17.0 Å². The molecule has 0 aromatic carbocycles. The van der Waals surface area contributed by atoms with Crippen LogP contribution in [-0.4, -0.2) is 31.4 Å². The van der Waals surface area contributed by atoms with Crippen molar-refractivity contribution in [3.05, 3.63) is 50.7 Å². The molecule has 3 rings (SSSR count). The van der Waals surface area contributed by atoms with Crippen molar-refractivity contribution in [2.45, 2.75) is 19.5 Å². The third-order valence-electron chi connectivity index (χ3n) is 3.19. The van der Waals surface area contributed by atoms with Gasteiger partial charge in [0.05, 0.1) is 11.3 Å². The molecule has 0 fully saturated rings. The molecule has 0 aliphatic carbocycles.